The van der Waals surface area contributed by atoms with Gasteiger partial charge in [-0.1, -0.05) is 36.4 Å². The Bertz CT molecular complexity index is 1000. The number of amides is 1. The molecular formula is C25H29N3O. The van der Waals surface area contributed by atoms with E-state index in [9.17, 15) is 4.79 Å². The largest absolute Gasteiger partial charge is 0.361 e. The molecule has 1 aliphatic rings. The Hall–Kier alpha value is -2.85. The van der Waals surface area contributed by atoms with Gasteiger partial charge in [0, 0.05) is 40.8 Å². The minimum Gasteiger partial charge on any atom is -0.361 e. The van der Waals surface area contributed by atoms with Gasteiger partial charge in [0.15, 0.2) is 0 Å². The fourth-order valence-electron chi connectivity index (χ4n) is 4.12. The zero-order chi connectivity index (χ0) is 20.1. The van der Waals surface area contributed by atoms with E-state index >= 15 is 0 Å². The fourth-order valence-corrected chi connectivity index (χ4v) is 4.12. The summed E-state index contributed by atoms with van der Waals surface area (Å²) in [5, 5.41) is 7.72. The highest BCUT2D eigenvalue weighted by Crippen LogP contribution is 2.32. The molecule has 4 nitrogen and oxygen atoms in total. The van der Waals surface area contributed by atoms with Gasteiger partial charge in [-0.2, -0.15) is 0 Å². The van der Waals surface area contributed by atoms with Crippen molar-refractivity contribution in [2.24, 2.45) is 0 Å². The zero-order valence-corrected chi connectivity index (χ0v) is 17.0. The van der Waals surface area contributed by atoms with Gasteiger partial charge in [0.2, 0.25) is 0 Å². The normalized spacial score (nSPS) is 16.6. The summed E-state index contributed by atoms with van der Waals surface area (Å²) >= 11 is 0. The van der Waals surface area contributed by atoms with Crippen molar-refractivity contribution in [3.05, 3.63) is 77.5 Å². The van der Waals surface area contributed by atoms with Crippen LogP contribution in [0.5, 0.6) is 0 Å². The van der Waals surface area contributed by atoms with E-state index in [1.165, 1.54) is 16.7 Å². The quantitative estimate of drug-likeness (QED) is 0.551. The van der Waals surface area contributed by atoms with Crippen molar-refractivity contribution < 1.29 is 4.79 Å². The third-order valence-corrected chi connectivity index (χ3v) is 5.73. The summed E-state index contributed by atoms with van der Waals surface area (Å²) < 4.78 is 0. The Morgan fingerprint density at radius 1 is 1.17 bits per heavy atom. The molecule has 0 bridgehead atoms. The van der Waals surface area contributed by atoms with Crippen LogP contribution in [0, 0.1) is 0 Å². The van der Waals surface area contributed by atoms with Crippen LogP contribution >= 0.6 is 0 Å². The highest BCUT2D eigenvalue weighted by atomic mass is 16.1. The molecular weight excluding hydrogens is 358 g/mol. The van der Waals surface area contributed by atoms with Crippen molar-refractivity contribution in [1.82, 2.24) is 15.6 Å². The van der Waals surface area contributed by atoms with Crippen molar-refractivity contribution in [2.75, 3.05) is 13.1 Å². The maximum atomic E-state index is 12.2. The minimum atomic E-state index is -0.0122. The average Bonchev–Trinajstić information content (AvgIpc) is 3.18. The van der Waals surface area contributed by atoms with Crippen molar-refractivity contribution in [3.63, 3.8) is 0 Å². The van der Waals surface area contributed by atoms with Gasteiger partial charge in [-0.3, -0.25) is 4.79 Å². The van der Waals surface area contributed by atoms with Gasteiger partial charge in [0.1, 0.15) is 0 Å². The van der Waals surface area contributed by atoms with Gasteiger partial charge in [0.05, 0.1) is 0 Å². The molecule has 2 aromatic carbocycles. The number of hydrogen-bond acceptors (Lipinski definition) is 2. The van der Waals surface area contributed by atoms with Crippen LogP contribution in [0.25, 0.3) is 16.5 Å². The maximum Gasteiger partial charge on any atom is 0.251 e. The number of carbonyl (C=O) groups excluding carboxylic acids is 1. The number of nitrogens with one attached hydrogen (secondary N) is 3. The third kappa shape index (κ3) is 4.60. The number of aromatic nitrogens is 1. The SMILES string of the molecule is CCNC(=O)c1ccc2[nH]cc(C3=CCC(NCCc4ccccc4)CC3)c2c1. The van der Waals surface area contributed by atoms with E-state index in [2.05, 4.69) is 58.2 Å². The summed E-state index contributed by atoms with van der Waals surface area (Å²) in [7, 11) is 0. The topological polar surface area (TPSA) is 56.9 Å². The van der Waals surface area contributed by atoms with Crippen LogP contribution in [-0.4, -0.2) is 30.0 Å². The summed E-state index contributed by atoms with van der Waals surface area (Å²) in [5.41, 5.74) is 5.79. The van der Waals surface area contributed by atoms with E-state index in [0.29, 0.717) is 12.6 Å². The molecule has 4 heteroatoms. The molecule has 4 rings (SSSR count). The molecule has 29 heavy (non-hydrogen) atoms. The summed E-state index contributed by atoms with van der Waals surface area (Å²) in [6.07, 6.45) is 8.77. The molecule has 0 saturated carbocycles. The number of H-pyrrole nitrogens is 1. The molecule has 1 unspecified atom stereocenters. The number of aromatic amines is 1. The van der Waals surface area contributed by atoms with Crippen LogP contribution in [-0.2, 0) is 6.42 Å². The van der Waals surface area contributed by atoms with E-state index < -0.39 is 0 Å². The van der Waals surface area contributed by atoms with E-state index in [4.69, 9.17) is 0 Å². The fraction of sp³-hybridized carbons (Fsp3) is 0.320. The molecule has 1 amide bonds. The lowest BCUT2D eigenvalue weighted by atomic mass is 9.90. The molecule has 0 spiro atoms. The number of allylic oxidation sites excluding steroid dienone is 1. The van der Waals surface area contributed by atoms with Gasteiger partial charge >= 0.3 is 0 Å². The first-order valence-electron chi connectivity index (χ1n) is 10.6. The Morgan fingerprint density at radius 2 is 2.03 bits per heavy atom. The van der Waals surface area contributed by atoms with Gasteiger partial charge < -0.3 is 15.6 Å². The first kappa shape index (κ1) is 19.5. The number of fused-ring (bicyclic) bond motifs is 1. The molecule has 0 fully saturated rings. The molecule has 0 saturated heterocycles. The maximum absolute atomic E-state index is 12.2. The van der Waals surface area contributed by atoms with Gasteiger partial charge in [-0.15, -0.1) is 0 Å². The Balaban J connectivity index is 1.41. The van der Waals surface area contributed by atoms with Crippen molar-refractivity contribution in [3.8, 4) is 0 Å². The Labute approximate surface area is 172 Å². The predicted molar refractivity (Wildman–Crippen MR) is 120 cm³/mol. The smallest absolute Gasteiger partial charge is 0.251 e. The van der Waals surface area contributed by atoms with Gasteiger partial charge in [-0.05, 0) is 68.5 Å². The molecule has 1 heterocycles. The van der Waals surface area contributed by atoms with Crippen LogP contribution in [0.1, 0.15) is 47.7 Å². The van der Waals surface area contributed by atoms with E-state index in [1.54, 1.807) is 0 Å². The first-order chi connectivity index (χ1) is 14.2. The van der Waals surface area contributed by atoms with Crippen LogP contribution in [0.15, 0.2) is 60.8 Å². The Morgan fingerprint density at radius 3 is 2.79 bits per heavy atom. The summed E-state index contributed by atoms with van der Waals surface area (Å²) in [4.78, 5) is 15.6. The zero-order valence-electron chi connectivity index (χ0n) is 17.0. The minimum absolute atomic E-state index is 0.0122. The van der Waals surface area contributed by atoms with Crippen LogP contribution in [0.3, 0.4) is 0 Å². The lowest BCUT2D eigenvalue weighted by Crippen LogP contribution is -2.31. The Kier molecular flexibility index (Phi) is 6.11. The molecule has 1 aliphatic carbocycles. The summed E-state index contributed by atoms with van der Waals surface area (Å²) in [6.45, 7) is 3.59. The van der Waals surface area contributed by atoms with Crippen molar-refractivity contribution in [1.29, 1.82) is 0 Å². The predicted octanol–water partition coefficient (Wildman–Crippen LogP) is 4.69. The van der Waals surface area contributed by atoms with E-state index in [1.807, 2.05) is 25.1 Å². The van der Waals surface area contributed by atoms with E-state index in [0.717, 1.165) is 48.7 Å². The van der Waals surface area contributed by atoms with Crippen LogP contribution in [0.4, 0.5) is 0 Å². The van der Waals surface area contributed by atoms with Crippen molar-refractivity contribution in [2.45, 2.75) is 38.6 Å². The highest BCUT2D eigenvalue weighted by molar-refractivity contribution is 6.01. The van der Waals surface area contributed by atoms with E-state index in [-0.39, 0.29) is 5.91 Å². The second-order valence-corrected chi connectivity index (χ2v) is 7.71. The second kappa shape index (κ2) is 9.10. The molecule has 1 aromatic heterocycles. The van der Waals surface area contributed by atoms with Gasteiger partial charge in [-0.25, -0.2) is 0 Å². The summed E-state index contributed by atoms with van der Waals surface area (Å²) in [6, 6.07) is 17.1. The van der Waals surface area contributed by atoms with Crippen LogP contribution in [0.2, 0.25) is 0 Å². The molecule has 1 atom stereocenters. The molecule has 150 valence electrons. The lowest BCUT2D eigenvalue weighted by Gasteiger charge is -2.23. The third-order valence-electron chi connectivity index (χ3n) is 5.73. The number of benzene rings is 2. The monoisotopic (exact) mass is 387 g/mol. The highest BCUT2D eigenvalue weighted by Gasteiger charge is 2.18. The second-order valence-electron chi connectivity index (χ2n) is 7.71. The summed E-state index contributed by atoms with van der Waals surface area (Å²) in [5.74, 6) is -0.0122. The molecule has 3 aromatic rings. The number of hydrogen-bond donors (Lipinski definition) is 3. The lowest BCUT2D eigenvalue weighted by molar-refractivity contribution is 0.0956. The molecule has 0 aliphatic heterocycles. The molecule has 3 N–H and O–H groups in total. The molecule has 0 radical (unpaired) electrons. The van der Waals surface area contributed by atoms with Crippen LogP contribution < -0.4 is 10.6 Å². The first-order valence-corrected chi connectivity index (χ1v) is 10.6. The number of rotatable bonds is 7. The van der Waals surface area contributed by atoms with Gasteiger partial charge in [0.25, 0.3) is 5.91 Å². The van der Waals surface area contributed by atoms with Crippen molar-refractivity contribution >= 4 is 22.4 Å². The number of carbonyl (C=O) groups is 1. The standard InChI is InChI=1S/C25H29N3O/c1-2-26-25(29)20-10-13-24-22(16-20)23(17-28-24)19-8-11-21(12-9-19)27-15-14-18-6-4-3-5-7-18/h3-8,10,13,16-17,21,27-28H,2,9,11-12,14-15H2,1H3,(H,26,29). The average molecular weight is 388 g/mol.